The summed E-state index contributed by atoms with van der Waals surface area (Å²) in [5.41, 5.74) is 3.08. The van der Waals surface area contributed by atoms with Gasteiger partial charge in [0.05, 0.1) is 5.56 Å². The van der Waals surface area contributed by atoms with Crippen molar-refractivity contribution in [2.75, 3.05) is 4.72 Å². The van der Waals surface area contributed by atoms with Crippen molar-refractivity contribution in [1.82, 2.24) is 9.36 Å². The fraction of sp³-hybridized carbons (Fsp3) is 0.0625. The molecule has 1 aromatic heterocycles. The van der Waals surface area contributed by atoms with Crippen molar-refractivity contribution in [1.29, 1.82) is 0 Å². The van der Waals surface area contributed by atoms with Gasteiger partial charge in [0.15, 0.2) is 11.6 Å². The van der Waals surface area contributed by atoms with Crippen LogP contribution in [0.3, 0.4) is 0 Å². The molecule has 3 N–H and O–H groups in total. The van der Waals surface area contributed by atoms with Gasteiger partial charge in [0.25, 0.3) is 10.0 Å². The summed E-state index contributed by atoms with van der Waals surface area (Å²) in [7, 11) is -4.59. The van der Waals surface area contributed by atoms with Crippen LogP contribution in [0, 0.1) is 11.6 Å². The molecular formula is C16H9F5N4O4S2. The molecule has 0 aliphatic rings. The first-order valence-electron chi connectivity index (χ1n) is 7.85. The average Bonchev–Trinajstić information content (AvgIpc) is 3.15. The third-order valence-corrected chi connectivity index (χ3v) is 5.67. The number of carbonyl (C=O) groups is 1. The molecular weight excluding hydrogens is 471 g/mol. The molecule has 15 heteroatoms. The zero-order valence-corrected chi connectivity index (χ0v) is 16.4. The fourth-order valence-electron chi connectivity index (χ4n) is 2.27. The topological polar surface area (TPSA) is 124 Å². The number of carbonyl (C=O) groups excluding carboxylic acids is 1. The Morgan fingerprint density at radius 2 is 1.81 bits per heavy atom. The van der Waals surface area contributed by atoms with Gasteiger partial charge in [0.2, 0.25) is 11.0 Å². The van der Waals surface area contributed by atoms with Gasteiger partial charge in [0, 0.05) is 29.2 Å². The summed E-state index contributed by atoms with van der Waals surface area (Å²) in [5.74, 6) is -5.69. The monoisotopic (exact) mass is 480 g/mol. The molecule has 0 aliphatic heterocycles. The van der Waals surface area contributed by atoms with Crippen molar-refractivity contribution in [3.63, 3.8) is 0 Å². The molecule has 0 aliphatic carbocycles. The Bertz CT molecular complexity index is 1250. The van der Waals surface area contributed by atoms with E-state index in [2.05, 4.69) is 9.36 Å². The number of benzene rings is 2. The molecule has 0 radical (unpaired) electrons. The van der Waals surface area contributed by atoms with Gasteiger partial charge in [-0.25, -0.2) is 22.2 Å². The molecule has 0 bridgehead atoms. The standard InChI is InChI=1S/C16H9F5N4O4S2/c17-10-5-13(31(27,28)25-15-23-6-24-30-15)11(18)4-12(10)29-9-2-7(14(22)26)1-8(3-9)16(19,20)21/h1-6H,(H2,22,26)(H,23,24,25). The van der Waals surface area contributed by atoms with Gasteiger partial charge < -0.3 is 10.5 Å². The lowest BCUT2D eigenvalue weighted by Crippen LogP contribution is -2.15. The molecule has 0 spiro atoms. The number of nitrogens with zero attached hydrogens (tertiary/aromatic N) is 2. The lowest BCUT2D eigenvalue weighted by molar-refractivity contribution is -0.137. The molecule has 0 saturated carbocycles. The van der Waals surface area contributed by atoms with Crippen LogP contribution in [0.25, 0.3) is 0 Å². The quantitative estimate of drug-likeness (QED) is 0.520. The van der Waals surface area contributed by atoms with E-state index in [0.29, 0.717) is 29.7 Å². The highest BCUT2D eigenvalue weighted by Crippen LogP contribution is 2.35. The van der Waals surface area contributed by atoms with E-state index in [4.69, 9.17) is 10.5 Å². The number of anilines is 1. The summed E-state index contributed by atoms with van der Waals surface area (Å²) in [5, 5.41) is -0.205. The molecule has 0 unspecified atom stereocenters. The minimum Gasteiger partial charge on any atom is -0.454 e. The van der Waals surface area contributed by atoms with Crippen LogP contribution in [0.4, 0.5) is 27.1 Å². The Morgan fingerprint density at radius 3 is 2.39 bits per heavy atom. The summed E-state index contributed by atoms with van der Waals surface area (Å²) in [6.07, 6.45) is -3.85. The zero-order valence-electron chi connectivity index (χ0n) is 14.8. The molecule has 2 aromatic carbocycles. The first kappa shape index (κ1) is 22.4. The average molecular weight is 480 g/mol. The summed E-state index contributed by atoms with van der Waals surface area (Å²) in [6, 6.07) is 2.29. The number of halogens is 5. The number of ether oxygens (including phenoxy) is 1. The van der Waals surface area contributed by atoms with Gasteiger partial charge >= 0.3 is 6.18 Å². The number of nitrogens with two attached hydrogens (primary N) is 1. The van der Waals surface area contributed by atoms with E-state index in [9.17, 15) is 35.2 Å². The second-order valence-electron chi connectivity index (χ2n) is 5.78. The number of rotatable bonds is 6. The number of hydrogen-bond donors (Lipinski definition) is 2. The van der Waals surface area contributed by atoms with Crippen LogP contribution in [0.5, 0.6) is 11.5 Å². The largest absolute Gasteiger partial charge is 0.454 e. The lowest BCUT2D eigenvalue weighted by Gasteiger charge is -2.13. The highest BCUT2D eigenvalue weighted by Gasteiger charge is 2.32. The molecule has 3 aromatic rings. The van der Waals surface area contributed by atoms with E-state index in [0.717, 1.165) is 12.4 Å². The van der Waals surface area contributed by atoms with E-state index < -0.39 is 61.3 Å². The summed E-state index contributed by atoms with van der Waals surface area (Å²) < 4.78 is 103. The van der Waals surface area contributed by atoms with Crippen LogP contribution in [-0.4, -0.2) is 23.7 Å². The molecule has 0 fully saturated rings. The third kappa shape index (κ3) is 5.05. The number of nitrogens with one attached hydrogen (secondary N) is 1. The SMILES string of the molecule is NC(=O)c1cc(Oc2cc(F)c(S(=O)(=O)Nc3ncns3)cc2F)cc(C(F)(F)F)c1. The van der Waals surface area contributed by atoms with E-state index in [1.165, 1.54) is 0 Å². The maximum Gasteiger partial charge on any atom is 0.416 e. The highest BCUT2D eigenvalue weighted by atomic mass is 32.2. The third-order valence-electron chi connectivity index (χ3n) is 3.61. The van der Waals surface area contributed by atoms with Crippen LogP contribution in [0.1, 0.15) is 15.9 Å². The minimum absolute atomic E-state index is 0.205. The Hall–Kier alpha value is -3.33. The van der Waals surface area contributed by atoms with Crippen LogP contribution in [-0.2, 0) is 16.2 Å². The maximum absolute atomic E-state index is 14.4. The summed E-state index contributed by atoms with van der Waals surface area (Å²) >= 11 is 0.644. The minimum atomic E-state index is -4.89. The van der Waals surface area contributed by atoms with Crippen molar-refractivity contribution in [2.45, 2.75) is 11.1 Å². The van der Waals surface area contributed by atoms with Crippen molar-refractivity contribution >= 4 is 32.6 Å². The Labute approximate surface area is 174 Å². The molecule has 1 heterocycles. The predicted molar refractivity (Wildman–Crippen MR) is 97.1 cm³/mol. The normalized spacial score (nSPS) is 11.9. The highest BCUT2D eigenvalue weighted by molar-refractivity contribution is 7.93. The van der Waals surface area contributed by atoms with E-state index >= 15 is 0 Å². The smallest absolute Gasteiger partial charge is 0.416 e. The zero-order chi connectivity index (χ0) is 23.0. The maximum atomic E-state index is 14.4. The molecule has 3 rings (SSSR count). The second kappa shape index (κ2) is 8.07. The molecule has 0 saturated heterocycles. The van der Waals surface area contributed by atoms with Crippen molar-refractivity contribution in [2.24, 2.45) is 5.73 Å². The van der Waals surface area contributed by atoms with Gasteiger partial charge in [-0.1, -0.05) is 0 Å². The Morgan fingerprint density at radius 1 is 1.10 bits per heavy atom. The number of sulfonamides is 1. The molecule has 164 valence electrons. The van der Waals surface area contributed by atoms with Crippen molar-refractivity contribution < 1.29 is 39.9 Å². The number of amides is 1. The Kier molecular flexibility index (Phi) is 5.82. The Balaban J connectivity index is 1.98. The number of primary amides is 1. The molecule has 31 heavy (non-hydrogen) atoms. The number of alkyl halides is 3. The van der Waals surface area contributed by atoms with Crippen LogP contribution in [0.2, 0.25) is 0 Å². The predicted octanol–water partition coefficient (Wildman–Crippen LogP) is 3.53. The van der Waals surface area contributed by atoms with Gasteiger partial charge in [-0.3, -0.25) is 9.52 Å². The van der Waals surface area contributed by atoms with Gasteiger partial charge in [-0.05, 0) is 18.2 Å². The molecule has 0 atom stereocenters. The van der Waals surface area contributed by atoms with E-state index in [1.807, 2.05) is 4.72 Å². The van der Waals surface area contributed by atoms with Gasteiger partial charge in [-0.2, -0.15) is 17.5 Å². The van der Waals surface area contributed by atoms with Crippen molar-refractivity contribution in [3.8, 4) is 11.5 Å². The van der Waals surface area contributed by atoms with Crippen molar-refractivity contribution in [3.05, 3.63) is 59.4 Å². The lowest BCUT2D eigenvalue weighted by atomic mass is 10.1. The van der Waals surface area contributed by atoms with Crippen LogP contribution < -0.4 is 15.2 Å². The molecule has 1 amide bonds. The van der Waals surface area contributed by atoms with E-state index in [-0.39, 0.29) is 11.2 Å². The summed E-state index contributed by atoms with van der Waals surface area (Å²) in [4.78, 5) is 13.7. The van der Waals surface area contributed by atoms with Crippen LogP contribution >= 0.6 is 11.5 Å². The van der Waals surface area contributed by atoms with Gasteiger partial charge in [-0.15, -0.1) is 0 Å². The van der Waals surface area contributed by atoms with E-state index in [1.54, 1.807) is 0 Å². The number of aromatic nitrogens is 2. The van der Waals surface area contributed by atoms with Gasteiger partial charge in [0.1, 0.15) is 22.8 Å². The second-order valence-corrected chi connectivity index (χ2v) is 8.21. The fourth-order valence-corrected chi connectivity index (χ4v) is 4.01. The summed E-state index contributed by atoms with van der Waals surface area (Å²) in [6.45, 7) is 0. The van der Waals surface area contributed by atoms with Crippen LogP contribution in [0.15, 0.2) is 41.6 Å². The molecule has 8 nitrogen and oxygen atoms in total. The first-order chi connectivity index (χ1) is 14.4. The number of hydrogen-bond acceptors (Lipinski definition) is 7. The first-order valence-corrected chi connectivity index (χ1v) is 10.1.